The minimum Gasteiger partial charge on any atom is -0.616 e. The number of hydrogen-bond acceptors (Lipinski definition) is 2. The highest BCUT2D eigenvalue weighted by Crippen LogP contribution is 1.98. The van der Waals surface area contributed by atoms with E-state index in [1.54, 1.807) is 0 Å². The monoisotopic (exact) mass is 133 g/mol. The van der Waals surface area contributed by atoms with Crippen LogP contribution in [0, 0.1) is 0 Å². The summed E-state index contributed by atoms with van der Waals surface area (Å²) in [5.41, 5.74) is 0. The van der Waals surface area contributed by atoms with Crippen molar-refractivity contribution in [2.24, 2.45) is 0 Å². The number of rotatable bonds is 0. The molecule has 1 heterocycles. The van der Waals surface area contributed by atoms with Crippen LogP contribution in [0.4, 0.5) is 0 Å². The summed E-state index contributed by atoms with van der Waals surface area (Å²) in [5.74, 6) is 1.67. The largest absolute Gasteiger partial charge is 0.616 e. The van der Waals surface area contributed by atoms with Gasteiger partial charge >= 0.3 is 0 Å². The van der Waals surface area contributed by atoms with Gasteiger partial charge in [0.1, 0.15) is 11.5 Å². The standard InChI is InChI=1S/C5H11NOS/c1-5-4-8(7)3-2-6-5/h5-6H,2-4H2,1H3. The van der Waals surface area contributed by atoms with E-state index in [0.717, 1.165) is 18.1 Å². The molecule has 0 saturated carbocycles. The third-order valence-corrected chi connectivity index (χ3v) is 2.79. The van der Waals surface area contributed by atoms with E-state index in [4.69, 9.17) is 0 Å². The molecule has 0 aromatic rings. The molecule has 0 amide bonds. The van der Waals surface area contributed by atoms with Crippen molar-refractivity contribution in [1.29, 1.82) is 0 Å². The topological polar surface area (TPSA) is 35.1 Å². The van der Waals surface area contributed by atoms with E-state index in [1.165, 1.54) is 0 Å². The maximum Gasteiger partial charge on any atom is 0.120 e. The van der Waals surface area contributed by atoms with Crippen molar-refractivity contribution in [1.82, 2.24) is 5.32 Å². The zero-order valence-corrected chi connectivity index (χ0v) is 5.83. The summed E-state index contributed by atoms with van der Waals surface area (Å²) < 4.78 is 10.7. The van der Waals surface area contributed by atoms with Gasteiger partial charge in [0, 0.05) is 12.6 Å². The van der Waals surface area contributed by atoms with Crippen molar-refractivity contribution in [3.63, 3.8) is 0 Å². The summed E-state index contributed by atoms with van der Waals surface area (Å²) in [6, 6.07) is 0.463. The molecule has 1 aliphatic rings. The van der Waals surface area contributed by atoms with Crippen molar-refractivity contribution in [2.45, 2.75) is 13.0 Å². The zero-order valence-electron chi connectivity index (χ0n) is 5.02. The molecule has 48 valence electrons. The van der Waals surface area contributed by atoms with Crippen LogP contribution >= 0.6 is 0 Å². The molecule has 0 bridgehead atoms. The number of nitrogens with one attached hydrogen (secondary N) is 1. The molecule has 2 nitrogen and oxygen atoms in total. The molecule has 0 spiro atoms. The van der Waals surface area contributed by atoms with Crippen LogP contribution in [0.5, 0.6) is 0 Å². The van der Waals surface area contributed by atoms with Gasteiger partial charge in [-0.25, -0.2) is 0 Å². The van der Waals surface area contributed by atoms with E-state index in [0.29, 0.717) is 6.04 Å². The highest BCUT2D eigenvalue weighted by atomic mass is 32.2. The number of hydrogen-bond donors (Lipinski definition) is 1. The normalized spacial score (nSPS) is 39.8. The minimum atomic E-state index is -0.533. The van der Waals surface area contributed by atoms with Crippen molar-refractivity contribution in [2.75, 3.05) is 18.1 Å². The van der Waals surface area contributed by atoms with Gasteiger partial charge in [0.15, 0.2) is 0 Å². The van der Waals surface area contributed by atoms with Crippen LogP contribution in [0.25, 0.3) is 0 Å². The molecule has 0 aromatic heterocycles. The summed E-state index contributed by atoms with van der Waals surface area (Å²) in [7, 11) is 0. The van der Waals surface area contributed by atoms with Crippen LogP contribution < -0.4 is 5.32 Å². The second-order valence-corrected chi connectivity index (χ2v) is 3.79. The second kappa shape index (κ2) is 2.71. The van der Waals surface area contributed by atoms with Gasteiger partial charge in [0.05, 0.1) is 0 Å². The molecule has 8 heavy (non-hydrogen) atoms. The SMILES string of the molecule is CC1C[S+]([O-])CCN1. The van der Waals surface area contributed by atoms with Gasteiger partial charge in [-0.3, -0.25) is 0 Å². The summed E-state index contributed by atoms with van der Waals surface area (Å²) in [4.78, 5) is 0. The Kier molecular flexibility index (Phi) is 2.16. The van der Waals surface area contributed by atoms with E-state index in [9.17, 15) is 4.55 Å². The Balaban J connectivity index is 2.23. The Morgan fingerprint density at radius 2 is 2.50 bits per heavy atom. The Morgan fingerprint density at radius 1 is 1.75 bits per heavy atom. The first-order valence-electron chi connectivity index (χ1n) is 2.87. The summed E-state index contributed by atoms with van der Waals surface area (Å²) in [6.45, 7) is 2.99. The molecule has 0 radical (unpaired) electrons. The lowest BCUT2D eigenvalue weighted by Crippen LogP contribution is -2.42. The van der Waals surface area contributed by atoms with Crippen LogP contribution in [0.15, 0.2) is 0 Å². The minimum absolute atomic E-state index is 0.463. The third kappa shape index (κ3) is 1.65. The fourth-order valence-corrected chi connectivity index (χ4v) is 2.03. The molecule has 0 aromatic carbocycles. The highest BCUT2D eigenvalue weighted by Gasteiger charge is 2.16. The van der Waals surface area contributed by atoms with E-state index in [2.05, 4.69) is 12.2 Å². The molecule has 1 saturated heterocycles. The highest BCUT2D eigenvalue weighted by molar-refractivity contribution is 7.91. The summed E-state index contributed by atoms with van der Waals surface area (Å²) >= 11 is -0.533. The summed E-state index contributed by atoms with van der Waals surface area (Å²) in [6.07, 6.45) is 0. The maximum absolute atomic E-state index is 10.7. The third-order valence-electron chi connectivity index (χ3n) is 1.26. The van der Waals surface area contributed by atoms with Gasteiger partial charge in [-0.05, 0) is 6.92 Å². The van der Waals surface area contributed by atoms with E-state index >= 15 is 0 Å². The Morgan fingerprint density at radius 3 is 2.88 bits per heavy atom. The van der Waals surface area contributed by atoms with Gasteiger partial charge in [-0.2, -0.15) is 0 Å². The van der Waals surface area contributed by atoms with Crippen LogP contribution in [0.2, 0.25) is 0 Å². The lowest BCUT2D eigenvalue weighted by Gasteiger charge is -2.22. The maximum atomic E-state index is 10.7. The van der Waals surface area contributed by atoms with Crippen LogP contribution in [0.1, 0.15) is 6.92 Å². The van der Waals surface area contributed by atoms with Gasteiger partial charge < -0.3 is 9.87 Å². The lowest BCUT2D eigenvalue weighted by molar-refractivity contribution is 0.538. The predicted molar refractivity (Wildman–Crippen MR) is 35.3 cm³/mol. The van der Waals surface area contributed by atoms with Gasteiger partial charge in [0.25, 0.3) is 0 Å². The summed E-state index contributed by atoms with van der Waals surface area (Å²) in [5, 5.41) is 3.22. The smallest absolute Gasteiger partial charge is 0.120 e. The first-order chi connectivity index (χ1) is 3.79. The van der Waals surface area contributed by atoms with E-state index in [-0.39, 0.29) is 0 Å². The predicted octanol–water partition coefficient (Wildman–Crippen LogP) is -0.273. The van der Waals surface area contributed by atoms with Crippen molar-refractivity contribution >= 4 is 11.2 Å². The van der Waals surface area contributed by atoms with E-state index in [1.807, 2.05) is 0 Å². The zero-order chi connectivity index (χ0) is 5.98. The van der Waals surface area contributed by atoms with Crippen LogP contribution in [-0.4, -0.2) is 28.6 Å². The average molecular weight is 133 g/mol. The Bertz CT molecular complexity index is 70.8. The fraction of sp³-hybridized carbons (Fsp3) is 1.00. The van der Waals surface area contributed by atoms with Gasteiger partial charge in [0.2, 0.25) is 0 Å². The average Bonchev–Trinajstić information content (AvgIpc) is 1.64. The Hall–Kier alpha value is 0.270. The second-order valence-electron chi connectivity index (χ2n) is 2.17. The van der Waals surface area contributed by atoms with Crippen molar-refractivity contribution in [3.05, 3.63) is 0 Å². The molecule has 1 aliphatic heterocycles. The molecule has 3 heteroatoms. The van der Waals surface area contributed by atoms with E-state index < -0.39 is 11.2 Å². The first-order valence-corrected chi connectivity index (χ1v) is 4.36. The lowest BCUT2D eigenvalue weighted by atomic mass is 10.4. The molecule has 0 aliphatic carbocycles. The quantitative estimate of drug-likeness (QED) is 0.461. The molecule has 2 atom stereocenters. The van der Waals surface area contributed by atoms with Crippen molar-refractivity contribution < 1.29 is 4.55 Å². The van der Waals surface area contributed by atoms with Crippen LogP contribution in [-0.2, 0) is 11.2 Å². The molecule has 1 rings (SSSR count). The molecular formula is C5H11NOS. The van der Waals surface area contributed by atoms with Crippen LogP contribution in [0.3, 0.4) is 0 Å². The van der Waals surface area contributed by atoms with Gasteiger partial charge in [-0.15, -0.1) is 0 Å². The first kappa shape index (κ1) is 6.39. The fourth-order valence-electron chi connectivity index (χ4n) is 0.840. The Labute approximate surface area is 52.8 Å². The van der Waals surface area contributed by atoms with Gasteiger partial charge in [-0.1, -0.05) is 11.2 Å². The molecule has 2 unspecified atom stereocenters. The molecule has 1 fully saturated rings. The molecular weight excluding hydrogens is 122 g/mol. The van der Waals surface area contributed by atoms with Crippen molar-refractivity contribution in [3.8, 4) is 0 Å². The molecule has 1 N–H and O–H groups in total.